The van der Waals surface area contributed by atoms with Crippen LogP contribution in [0.2, 0.25) is 0 Å². The average Bonchev–Trinajstić information content (AvgIpc) is 2.37. The molecule has 0 radical (unpaired) electrons. The lowest BCUT2D eigenvalue weighted by atomic mass is 9.70. The van der Waals surface area contributed by atoms with Crippen LogP contribution in [0, 0.1) is 5.41 Å². The average molecular weight is 260 g/mol. The predicted molar refractivity (Wildman–Crippen MR) is 76.1 cm³/mol. The van der Waals surface area contributed by atoms with E-state index in [0.29, 0.717) is 5.39 Å². The minimum Gasteiger partial charge on any atom is -0.298 e. The molecule has 1 aromatic carbocycles. The highest BCUT2D eigenvalue weighted by Crippen LogP contribution is 2.42. The summed E-state index contributed by atoms with van der Waals surface area (Å²) in [7, 11) is 0. The molecule has 1 aliphatic carbocycles. The Morgan fingerprint density at radius 3 is 2.78 bits per heavy atom. The Balaban J connectivity index is 2.03. The maximum absolute atomic E-state index is 12.4. The van der Waals surface area contributed by atoms with E-state index in [1.165, 1.54) is 6.42 Å². The van der Waals surface area contributed by atoms with Crippen molar-refractivity contribution in [2.75, 3.05) is 5.75 Å². The van der Waals surface area contributed by atoms with Crippen molar-refractivity contribution in [3.05, 3.63) is 40.9 Å². The molecule has 0 unspecified atom stereocenters. The van der Waals surface area contributed by atoms with E-state index in [0.717, 1.165) is 30.7 Å². The highest BCUT2D eigenvalue weighted by Gasteiger charge is 2.36. The van der Waals surface area contributed by atoms with E-state index < -0.39 is 0 Å². The Labute approximate surface area is 111 Å². The first-order chi connectivity index (χ1) is 8.74. The molecule has 3 rings (SSSR count). The minimum atomic E-state index is 0.0636. The van der Waals surface area contributed by atoms with Crippen LogP contribution in [0.5, 0.6) is 0 Å². The second-order valence-electron chi connectivity index (χ2n) is 5.21. The van der Waals surface area contributed by atoms with E-state index in [-0.39, 0.29) is 11.0 Å². The fraction of sp³-hybridized carbons (Fsp3) is 0.429. The normalized spacial score (nSPS) is 17.6. The van der Waals surface area contributed by atoms with Gasteiger partial charge in [0.1, 0.15) is 0 Å². The van der Waals surface area contributed by atoms with Crippen LogP contribution in [0.4, 0.5) is 0 Å². The second kappa shape index (κ2) is 4.43. The molecule has 1 heterocycles. The lowest BCUT2D eigenvalue weighted by Gasteiger charge is -2.41. The van der Waals surface area contributed by atoms with E-state index in [9.17, 15) is 4.79 Å². The number of benzene rings is 1. The summed E-state index contributed by atoms with van der Waals surface area (Å²) < 4.78 is 1.75. The zero-order valence-electron chi connectivity index (χ0n) is 10.2. The molecule has 4 heteroatoms. The summed E-state index contributed by atoms with van der Waals surface area (Å²) in [4.78, 5) is 16.7. The second-order valence-corrected chi connectivity index (χ2v) is 5.52. The molecule has 0 atom stereocenters. The molecule has 0 amide bonds. The Morgan fingerprint density at radius 2 is 2.11 bits per heavy atom. The molecule has 0 bridgehead atoms. The van der Waals surface area contributed by atoms with Crippen LogP contribution in [0.15, 0.2) is 35.4 Å². The van der Waals surface area contributed by atoms with Gasteiger partial charge in [-0.05, 0) is 36.1 Å². The molecule has 1 fully saturated rings. The molecule has 2 aromatic rings. The summed E-state index contributed by atoms with van der Waals surface area (Å²) in [5.74, 6) is 0.840. The van der Waals surface area contributed by atoms with Gasteiger partial charge in [0.25, 0.3) is 5.56 Å². The van der Waals surface area contributed by atoms with Crippen molar-refractivity contribution < 1.29 is 0 Å². The summed E-state index contributed by atoms with van der Waals surface area (Å²) in [5.41, 5.74) is 1.04. The molecule has 1 saturated carbocycles. The first-order valence-corrected chi connectivity index (χ1v) is 6.92. The third-order valence-corrected chi connectivity index (χ3v) is 4.66. The molecule has 0 aliphatic heterocycles. The number of thiol groups is 1. The van der Waals surface area contributed by atoms with Crippen LogP contribution in [0.25, 0.3) is 10.9 Å². The lowest BCUT2D eigenvalue weighted by Crippen LogP contribution is -2.39. The third kappa shape index (κ3) is 1.85. The van der Waals surface area contributed by atoms with Crippen LogP contribution in [0.1, 0.15) is 19.3 Å². The number of para-hydroxylation sites is 1. The van der Waals surface area contributed by atoms with Gasteiger partial charge in [-0.15, -0.1) is 0 Å². The summed E-state index contributed by atoms with van der Waals surface area (Å²) in [6.45, 7) is 0.743. The first-order valence-electron chi connectivity index (χ1n) is 6.29. The predicted octanol–water partition coefficient (Wildman–Crippen LogP) is 2.50. The van der Waals surface area contributed by atoms with Gasteiger partial charge in [-0.3, -0.25) is 9.36 Å². The van der Waals surface area contributed by atoms with E-state index in [1.807, 2.05) is 24.3 Å². The molecule has 1 aromatic heterocycles. The molecular weight excluding hydrogens is 244 g/mol. The van der Waals surface area contributed by atoms with Crippen LogP contribution in [-0.4, -0.2) is 15.3 Å². The topological polar surface area (TPSA) is 34.9 Å². The smallest absolute Gasteiger partial charge is 0.261 e. The van der Waals surface area contributed by atoms with Gasteiger partial charge in [-0.25, -0.2) is 4.98 Å². The number of rotatable bonds is 3. The Hall–Kier alpha value is -1.29. The van der Waals surface area contributed by atoms with E-state index in [2.05, 4.69) is 17.6 Å². The number of fused-ring (bicyclic) bond motifs is 1. The van der Waals surface area contributed by atoms with Gasteiger partial charge in [0.05, 0.1) is 17.2 Å². The van der Waals surface area contributed by atoms with Crippen molar-refractivity contribution in [3.63, 3.8) is 0 Å². The SMILES string of the molecule is O=c1c2ccccc2ncn1CC1(CS)CCC1. The number of nitrogens with zero attached hydrogens (tertiary/aromatic N) is 2. The van der Waals surface area contributed by atoms with Gasteiger partial charge in [0, 0.05) is 6.54 Å². The van der Waals surface area contributed by atoms with Gasteiger partial charge >= 0.3 is 0 Å². The minimum absolute atomic E-state index is 0.0636. The molecule has 3 nitrogen and oxygen atoms in total. The van der Waals surface area contributed by atoms with Gasteiger partial charge in [-0.1, -0.05) is 18.6 Å². The summed E-state index contributed by atoms with van der Waals surface area (Å²) in [5, 5.41) is 0.702. The van der Waals surface area contributed by atoms with Crippen LogP contribution in [0.3, 0.4) is 0 Å². The fourth-order valence-corrected chi connectivity index (χ4v) is 3.04. The van der Waals surface area contributed by atoms with Gasteiger partial charge < -0.3 is 0 Å². The van der Waals surface area contributed by atoms with Crippen molar-refractivity contribution in [2.45, 2.75) is 25.8 Å². The van der Waals surface area contributed by atoms with Crippen LogP contribution < -0.4 is 5.56 Å². The van der Waals surface area contributed by atoms with Crippen molar-refractivity contribution in [2.24, 2.45) is 5.41 Å². The zero-order chi connectivity index (χ0) is 12.6. The number of hydrogen-bond donors (Lipinski definition) is 1. The molecule has 0 saturated heterocycles. The summed E-state index contributed by atoms with van der Waals surface area (Å²) in [6, 6.07) is 7.50. The molecule has 0 N–H and O–H groups in total. The summed E-state index contributed by atoms with van der Waals surface area (Å²) in [6.07, 6.45) is 5.25. The molecule has 0 spiro atoms. The van der Waals surface area contributed by atoms with Crippen LogP contribution >= 0.6 is 12.6 Å². The maximum Gasteiger partial charge on any atom is 0.261 e. The van der Waals surface area contributed by atoms with E-state index >= 15 is 0 Å². The highest BCUT2D eigenvalue weighted by atomic mass is 32.1. The lowest BCUT2D eigenvalue weighted by molar-refractivity contribution is 0.137. The maximum atomic E-state index is 12.4. The van der Waals surface area contributed by atoms with E-state index in [4.69, 9.17) is 0 Å². The number of aromatic nitrogens is 2. The Morgan fingerprint density at radius 1 is 1.33 bits per heavy atom. The molecule has 1 aliphatic rings. The van der Waals surface area contributed by atoms with Crippen molar-refractivity contribution >= 4 is 23.5 Å². The van der Waals surface area contributed by atoms with Gasteiger partial charge in [0.2, 0.25) is 0 Å². The quantitative estimate of drug-likeness (QED) is 0.861. The van der Waals surface area contributed by atoms with E-state index in [1.54, 1.807) is 10.9 Å². The molecule has 18 heavy (non-hydrogen) atoms. The molecule has 94 valence electrons. The summed E-state index contributed by atoms with van der Waals surface area (Å²) >= 11 is 4.43. The Bertz CT molecular complexity index is 625. The van der Waals surface area contributed by atoms with Gasteiger partial charge in [0.15, 0.2) is 0 Å². The fourth-order valence-electron chi connectivity index (χ4n) is 2.62. The van der Waals surface area contributed by atoms with Gasteiger partial charge in [-0.2, -0.15) is 12.6 Å². The Kier molecular flexibility index (Phi) is 2.90. The molecular formula is C14H16N2OS. The van der Waals surface area contributed by atoms with Crippen molar-refractivity contribution in [1.29, 1.82) is 0 Å². The third-order valence-electron chi connectivity index (χ3n) is 3.99. The monoisotopic (exact) mass is 260 g/mol. The largest absolute Gasteiger partial charge is 0.298 e. The first kappa shape index (κ1) is 11.8. The van der Waals surface area contributed by atoms with Crippen molar-refractivity contribution in [1.82, 2.24) is 9.55 Å². The highest BCUT2D eigenvalue weighted by molar-refractivity contribution is 7.80. The standard InChI is InChI=1S/C14H16N2OS/c17-13-11-4-1-2-5-12(11)15-10-16(13)8-14(9-18)6-3-7-14/h1-2,4-5,10,18H,3,6-9H2. The van der Waals surface area contributed by atoms with Crippen LogP contribution in [-0.2, 0) is 6.54 Å². The number of hydrogen-bond acceptors (Lipinski definition) is 3. The van der Waals surface area contributed by atoms with Crippen molar-refractivity contribution in [3.8, 4) is 0 Å². The zero-order valence-corrected chi connectivity index (χ0v) is 11.1.